The SMILES string of the molecule is CCCCCCNS(=O)(=O)c1ccc(NN)cc1. The molecule has 0 saturated carbocycles. The Hall–Kier alpha value is -1.11. The molecule has 0 fully saturated rings. The molecule has 102 valence electrons. The summed E-state index contributed by atoms with van der Waals surface area (Å²) < 4.78 is 26.4. The molecule has 1 aromatic rings. The number of benzene rings is 1. The van der Waals surface area contributed by atoms with Crippen molar-refractivity contribution < 1.29 is 8.42 Å². The van der Waals surface area contributed by atoms with Gasteiger partial charge in [-0.25, -0.2) is 13.1 Å². The normalized spacial score (nSPS) is 11.4. The molecule has 0 radical (unpaired) electrons. The third-order valence-corrected chi connectivity index (χ3v) is 4.13. The number of nitrogen functional groups attached to an aromatic ring is 1. The van der Waals surface area contributed by atoms with Gasteiger partial charge in [0.25, 0.3) is 0 Å². The van der Waals surface area contributed by atoms with Gasteiger partial charge in [0, 0.05) is 12.2 Å². The first-order valence-corrected chi connectivity index (χ1v) is 7.65. The third-order valence-electron chi connectivity index (χ3n) is 2.65. The Morgan fingerprint density at radius 3 is 2.33 bits per heavy atom. The predicted molar refractivity (Wildman–Crippen MR) is 73.6 cm³/mol. The highest BCUT2D eigenvalue weighted by Crippen LogP contribution is 2.13. The molecule has 18 heavy (non-hydrogen) atoms. The van der Waals surface area contributed by atoms with Crippen molar-refractivity contribution in [1.29, 1.82) is 0 Å². The minimum Gasteiger partial charge on any atom is -0.324 e. The molecule has 0 atom stereocenters. The Morgan fingerprint density at radius 2 is 1.78 bits per heavy atom. The van der Waals surface area contributed by atoms with Crippen molar-refractivity contribution >= 4 is 15.7 Å². The van der Waals surface area contributed by atoms with E-state index < -0.39 is 10.0 Å². The number of nitrogens with two attached hydrogens (primary N) is 1. The summed E-state index contributed by atoms with van der Waals surface area (Å²) in [5, 5.41) is 0. The van der Waals surface area contributed by atoms with Crippen LogP contribution >= 0.6 is 0 Å². The zero-order valence-corrected chi connectivity index (χ0v) is 11.5. The van der Waals surface area contributed by atoms with Crippen molar-refractivity contribution in [2.45, 2.75) is 37.5 Å². The molecule has 0 bridgehead atoms. The van der Waals surface area contributed by atoms with Crippen LogP contribution in [0.1, 0.15) is 32.6 Å². The summed E-state index contributed by atoms with van der Waals surface area (Å²) in [5.74, 6) is 5.22. The average molecular weight is 271 g/mol. The summed E-state index contributed by atoms with van der Waals surface area (Å²) in [6, 6.07) is 6.32. The number of nitrogens with one attached hydrogen (secondary N) is 2. The minimum atomic E-state index is -3.39. The molecule has 1 rings (SSSR count). The Balaban J connectivity index is 2.51. The maximum atomic E-state index is 11.9. The van der Waals surface area contributed by atoms with Crippen LogP contribution in [0.2, 0.25) is 0 Å². The lowest BCUT2D eigenvalue weighted by molar-refractivity contribution is 0.573. The minimum absolute atomic E-state index is 0.261. The molecule has 0 aliphatic heterocycles. The van der Waals surface area contributed by atoms with Gasteiger partial charge in [0.15, 0.2) is 0 Å². The number of hydrogen-bond donors (Lipinski definition) is 3. The lowest BCUT2D eigenvalue weighted by atomic mass is 10.2. The van der Waals surface area contributed by atoms with Gasteiger partial charge in [-0.2, -0.15) is 0 Å². The van der Waals surface area contributed by atoms with Gasteiger partial charge in [0.05, 0.1) is 4.90 Å². The molecular formula is C12H21N3O2S. The van der Waals surface area contributed by atoms with E-state index in [1.165, 1.54) is 12.1 Å². The molecule has 5 nitrogen and oxygen atoms in total. The Morgan fingerprint density at radius 1 is 1.11 bits per heavy atom. The zero-order valence-electron chi connectivity index (χ0n) is 10.6. The van der Waals surface area contributed by atoms with Crippen LogP contribution < -0.4 is 16.0 Å². The van der Waals surface area contributed by atoms with Crippen LogP contribution in [0, 0.1) is 0 Å². The summed E-state index contributed by atoms with van der Waals surface area (Å²) in [7, 11) is -3.39. The van der Waals surface area contributed by atoms with Gasteiger partial charge in [0.2, 0.25) is 10.0 Å². The number of hydrazine groups is 1. The molecule has 0 unspecified atom stereocenters. The predicted octanol–water partition coefficient (Wildman–Crippen LogP) is 1.83. The summed E-state index contributed by atoms with van der Waals surface area (Å²) in [4.78, 5) is 0.261. The molecule has 0 saturated heterocycles. The van der Waals surface area contributed by atoms with Gasteiger partial charge in [-0.3, -0.25) is 5.84 Å². The van der Waals surface area contributed by atoms with Crippen molar-refractivity contribution in [3.05, 3.63) is 24.3 Å². The fraction of sp³-hybridized carbons (Fsp3) is 0.500. The maximum absolute atomic E-state index is 11.9. The second-order valence-electron chi connectivity index (χ2n) is 4.13. The summed E-state index contributed by atoms with van der Waals surface area (Å²) in [6.07, 6.45) is 4.20. The monoisotopic (exact) mass is 271 g/mol. The topological polar surface area (TPSA) is 84.2 Å². The van der Waals surface area contributed by atoms with E-state index >= 15 is 0 Å². The second kappa shape index (κ2) is 7.35. The Bertz CT molecular complexity index is 443. The van der Waals surface area contributed by atoms with E-state index in [9.17, 15) is 8.42 Å². The Labute approximate surface area is 109 Å². The van der Waals surface area contributed by atoms with Crippen LogP contribution in [0.4, 0.5) is 5.69 Å². The zero-order chi connectivity index (χ0) is 13.4. The first-order valence-electron chi connectivity index (χ1n) is 6.16. The van der Waals surface area contributed by atoms with Crippen LogP contribution in [0.25, 0.3) is 0 Å². The van der Waals surface area contributed by atoms with Gasteiger partial charge in [0.1, 0.15) is 0 Å². The highest BCUT2D eigenvalue weighted by atomic mass is 32.2. The van der Waals surface area contributed by atoms with E-state index in [0.29, 0.717) is 12.2 Å². The molecule has 6 heteroatoms. The lowest BCUT2D eigenvalue weighted by Crippen LogP contribution is -2.24. The largest absolute Gasteiger partial charge is 0.324 e. The molecule has 0 amide bonds. The highest BCUT2D eigenvalue weighted by molar-refractivity contribution is 7.89. The molecular weight excluding hydrogens is 250 g/mol. The van der Waals surface area contributed by atoms with Crippen LogP contribution in [0.5, 0.6) is 0 Å². The van der Waals surface area contributed by atoms with E-state index in [4.69, 9.17) is 5.84 Å². The van der Waals surface area contributed by atoms with E-state index in [-0.39, 0.29) is 4.90 Å². The molecule has 0 spiro atoms. The fourth-order valence-electron chi connectivity index (χ4n) is 1.57. The summed E-state index contributed by atoms with van der Waals surface area (Å²) >= 11 is 0. The molecule has 0 aromatic heterocycles. The van der Waals surface area contributed by atoms with Crippen molar-refractivity contribution in [3.8, 4) is 0 Å². The molecule has 4 N–H and O–H groups in total. The van der Waals surface area contributed by atoms with Gasteiger partial charge < -0.3 is 5.43 Å². The van der Waals surface area contributed by atoms with E-state index in [1.54, 1.807) is 12.1 Å². The van der Waals surface area contributed by atoms with Crippen LogP contribution in [-0.2, 0) is 10.0 Å². The molecule has 1 aromatic carbocycles. The molecule has 0 aliphatic rings. The first-order chi connectivity index (χ1) is 8.60. The number of unbranched alkanes of at least 4 members (excludes halogenated alkanes) is 3. The van der Waals surface area contributed by atoms with Crippen LogP contribution in [0.15, 0.2) is 29.2 Å². The van der Waals surface area contributed by atoms with E-state index in [0.717, 1.165) is 25.7 Å². The number of sulfonamides is 1. The average Bonchev–Trinajstić information content (AvgIpc) is 2.38. The lowest BCUT2D eigenvalue weighted by Gasteiger charge is -2.07. The quantitative estimate of drug-likeness (QED) is 0.382. The summed E-state index contributed by atoms with van der Waals surface area (Å²) in [6.45, 7) is 2.61. The van der Waals surface area contributed by atoms with Gasteiger partial charge in [-0.15, -0.1) is 0 Å². The van der Waals surface area contributed by atoms with E-state index in [1.807, 2.05) is 0 Å². The van der Waals surface area contributed by atoms with Gasteiger partial charge in [-0.05, 0) is 30.7 Å². The third kappa shape index (κ3) is 4.64. The van der Waals surface area contributed by atoms with Crippen LogP contribution in [0.3, 0.4) is 0 Å². The number of anilines is 1. The first kappa shape index (κ1) is 14.9. The standard InChI is InChI=1S/C12H21N3O2S/c1-2-3-4-5-10-14-18(16,17)12-8-6-11(15-13)7-9-12/h6-9,14-15H,2-5,10,13H2,1H3. The van der Waals surface area contributed by atoms with Gasteiger partial charge >= 0.3 is 0 Å². The van der Waals surface area contributed by atoms with Gasteiger partial charge in [-0.1, -0.05) is 26.2 Å². The maximum Gasteiger partial charge on any atom is 0.240 e. The van der Waals surface area contributed by atoms with Crippen molar-refractivity contribution in [2.75, 3.05) is 12.0 Å². The number of rotatable bonds is 8. The van der Waals surface area contributed by atoms with Crippen molar-refractivity contribution in [1.82, 2.24) is 4.72 Å². The van der Waals surface area contributed by atoms with Crippen molar-refractivity contribution in [3.63, 3.8) is 0 Å². The molecule has 0 aliphatic carbocycles. The van der Waals surface area contributed by atoms with E-state index in [2.05, 4.69) is 17.1 Å². The molecule has 0 heterocycles. The number of hydrogen-bond acceptors (Lipinski definition) is 4. The fourth-order valence-corrected chi connectivity index (χ4v) is 2.65. The Kier molecular flexibility index (Phi) is 6.11. The second-order valence-corrected chi connectivity index (χ2v) is 5.89. The van der Waals surface area contributed by atoms with Crippen molar-refractivity contribution in [2.24, 2.45) is 5.84 Å². The highest BCUT2D eigenvalue weighted by Gasteiger charge is 2.12. The van der Waals surface area contributed by atoms with Crippen LogP contribution in [-0.4, -0.2) is 15.0 Å². The smallest absolute Gasteiger partial charge is 0.240 e. The summed E-state index contributed by atoms with van der Waals surface area (Å²) in [5.41, 5.74) is 3.13.